The van der Waals surface area contributed by atoms with Gasteiger partial charge in [-0.15, -0.1) is 0 Å². The van der Waals surface area contributed by atoms with E-state index in [9.17, 15) is 0 Å². The standard InChI is InChI=1S/C16H24N2/c1-4-16(5-2,6-3)18-12-14-9-7-8-13-10-11-17-15(13)14/h7-11,17-18H,4-6,12H2,1-3H3. The number of hydrogen-bond acceptors (Lipinski definition) is 1. The maximum absolute atomic E-state index is 3.76. The van der Waals surface area contributed by atoms with Crippen LogP contribution in [0.1, 0.15) is 45.6 Å². The predicted molar refractivity (Wildman–Crippen MR) is 78.7 cm³/mol. The summed E-state index contributed by atoms with van der Waals surface area (Å²) in [6, 6.07) is 8.63. The van der Waals surface area contributed by atoms with Crippen molar-refractivity contribution in [2.75, 3.05) is 0 Å². The highest BCUT2D eigenvalue weighted by Gasteiger charge is 2.22. The zero-order valence-corrected chi connectivity index (χ0v) is 11.7. The second-order valence-corrected chi connectivity index (χ2v) is 5.05. The number of fused-ring (bicyclic) bond motifs is 1. The normalized spacial score (nSPS) is 12.2. The molecule has 0 bridgehead atoms. The largest absolute Gasteiger partial charge is 0.361 e. The summed E-state index contributed by atoms with van der Waals surface area (Å²) < 4.78 is 0. The Balaban J connectivity index is 2.17. The van der Waals surface area contributed by atoms with Gasteiger partial charge in [-0.3, -0.25) is 0 Å². The molecule has 2 nitrogen and oxygen atoms in total. The minimum absolute atomic E-state index is 0.286. The Morgan fingerprint density at radius 2 is 1.78 bits per heavy atom. The van der Waals surface area contributed by atoms with E-state index in [1.54, 1.807) is 0 Å². The van der Waals surface area contributed by atoms with Gasteiger partial charge in [0.05, 0.1) is 0 Å². The summed E-state index contributed by atoms with van der Waals surface area (Å²) in [5, 5.41) is 5.06. The van der Waals surface area contributed by atoms with Gasteiger partial charge in [0.1, 0.15) is 0 Å². The van der Waals surface area contributed by atoms with E-state index in [0.717, 1.165) is 6.54 Å². The topological polar surface area (TPSA) is 27.8 Å². The summed E-state index contributed by atoms with van der Waals surface area (Å²) in [4.78, 5) is 3.34. The fourth-order valence-electron chi connectivity index (χ4n) is 2.70. The summed E-state index contributed by atoms with van der Waals surface area (Å²) in [5.41, 5.74) is 2.91. The van der Waals surface area contributed by atoms with Crippen molar-refractivity contribution in [3.63, 3.8) is 0 Å². The molecular weight excluding hydrogens is 220 g/mol. The summed E-state index contributed by atoms with van der Waals surface area (Å²) in [7, 11) is 0. The van der Waals surface area contributed by atoms with Crippen LogP contribution in [-0.2, 0) is 6.54 Å². The average molecular weight is 244 g/mol. The van der Waals surface area contributed by atoms with Gasteiger partial charge in [0, 0.05) is 23.8 Å². The number of hydrogen-bond donors (Lipinski definition) is 2. The molecule has 0 fully saturated rings. The quantitative estimate of drug-likeness (QED) is 0.782. The van der Waals surface area contributed by atoms with E-state index in [1.165, 1.54) is 35.7 Å². The number of rotatable bonds is 6. The van der Waals surface area contributed by atoms with Gasteiger partial charge < -0.3 is 10.3 Å². The highest BCUT2D eigenvalue weighted by Crippen LogP contribution is 2.22. The number of nitrogens with one attached hydrogen (secondary N) is 2. The van der Waals surface area contributed by atoms with E-state index in [0.29, 0.717) is 0 Å². The maximum atomic E-state index is 3.76. The molecule has 18 heavy (non-hydrogen) atoms. The smallest absolute Gasteiger partial charge is 0.0499 e. The van der Waals surface area contributed by atoms with Gasteiger partial charge >= 0.3 is 0 Å². The molecule has 0 aliphatic heterocycles. The number of benzene rings is 1. The van der Waals surface area contributed by atoms with Crippen molar-refractivity contribution in [2.45, 2.75) is 52.1 Å². The Kier molecular flexibility index (Phi) is 4.07. The number of para-hydroxylation sites is 1. The van der Waals surface area contributed by atoms with Gasteiger partial charge in [-0.2, -0.15) is 0 Å². The third-order valence-corrected chi connectivity index (χ3v) is 4.36. The van der Waals surface area contributed by atoms with Gasteiger partial charge in [-0.25, -0.2) is 0 Å². The molecule has 0 aliphatic carbocycles. The number of aromatic amines is 1. The lowest BCUT2D eigenvalue weighted by Gasteiger charge is -2.32. The molecule has 0 spiro atoms. The first kappa shape index (κ1) is 13.2. The minimum Gasteiger partial charge on any atom is -0.361 e. The molecule has 0 saturated carbocycles. The SMILES string of the molecule is CCC(CC)(CC)NCc1cccc2cc[nH]c12. The van der Waals surface area contributed by atoms with Gasteiger partial charge in [0.15, 0.2) is 0 Å². The molecule has 0 radical (unpaired) electrons. The predicted octanol–water partition coefficient (Wildman–Crippen LogP) is 4.23. The highest BCUT2D eigenvalue weighted by atomic mass is 15.0. The first-order valence-electron chi connectivity index (χ1n) is 7.04. The molecule has 0 saturated heterocycles. The van der Waals surface area contributed by atoms with Crippen LogP contribution in [0.25, 0.3) is 10.9 Å². The van der Waals surface area contributed by atoms with Crippen LogP contribution < -0.4 is 5.32 Å². The maximum Gasteiger partial charge on any atom is 0.0499 e. The van der Waals surface area contributed by atoms with Crippen LogP contribution in [0.3, 0.4) is 0 Å². The van der Waals surface area contributed by atoms with E-state index >= 15 is 0 Å². The lowest BCUT2D eigenvalue weighted by atomic mass is 9.89. The Morgan fingerprint density at radius 3 is 2.44 bits per heavy atom. The van der Waals surface area contributed by atoms with Crippen molar-refractivity contribution in [3.05, 3.63) is 36.0 Å². The fourth-order valence-corrected chi connectivity index (χ4v) is 2.70. The second-order valence-electron chi connectivity index (χ2n) is 5.05. The van der Waals surface area contributed by atoms with Crippen molar-refractivity contribution in [2.24, 2.45) is 0 Å². The molecule has 0 unspecified atom stereocenters. The van der Waals surface area contributed by atoms with Crippen molar-refractivity contribution in [1.29, 1.82) is 0 Å². The molecule has 0 aliphatic rings. The summed E-state index contributed by atoms with van der Waals surface area (Å²) >= 11 is 0. The molecule has 1 heterocycles. The molecule has 2 N–H and O–H groups in total. The van der Waals surface area contributed by atoms with E-state index in [-0.39, 0.29) is 5.54 Å². The van der Waals surface area contributed by atoms with Crippen LogP contribution in [0.4, 0.5) is 0 Å². The fraction of sp³-hybridized carbons (Fsp3) is 0.500. The van der Waals surface area contributed by atoms with Crippen LogP contribution >= 0.6 is 0 Å². The molecule has 2 heteroatoms. The minimum atomic E-state index is 0.286. The Bertz CT molecular complexity index is 486. The van der Waals surface area contributed by atoms with Crippen molar-refractivity contribution >= 4 is 10.9 Å². The summed E-state index contributed by atoms with van der Waals surface area (Å²) in [6.45, 7) is 7.76. The van der Waals surface area contributed by atoms with E-state index < -0.39 is 0 Å². The number of H-pyrrole nitrogens is 1. The Labute approximate surface area is 110 Å². The Hall–Kier alpha value is -1.28. The third-order valence-electron chi connectivity index (χ3n) is 4.36. The monoisotopic (exact) mass is 244 g/mol. The van der Waals surface area contributed by atoms with Crippen LogP contribution in [0, 0.1) is 0 Å². The number of aromatic nitrogens is 1. The van der Waals surface area contributed by atoms with Gasteiger partial charge in [0.2, 0.25) is 0 Å². The van der Waals surface area contributed by atoms with Crippen molar-refractivity contribution in [1.82, 2.24) is 10.3 Å². The van der Waals surface area contributed by atoms with Gasteiger partial charge in [0.25, 0.3) is 0 Å². The van der Waals surface area contributed by atoms with Crippen LogP contribution in [0.2, 0.25) is 0 Å². The molecule has 1 aromatic carbocycles. The molecule has 2 rings (SSSR count). The lowest BCUT2D eigenvalue weighted by molar-refractivity contribution is 0.288. The average Bonchev–Trinajstić information content (AvgIpc) is 2.90. The van der Waals surface area contributed by atoms with Crippen LogP contribution in [0.5, 0.6) is 0 Å². The first-order chi connectivity index (χ1) is 8.74. The second kappa shape index (κ2) is 5.57. The summed E-state index contributed by atoms with van der Waals surface area (Å²) in [6.07, 6.45) is 5.56. The highest BCUT2D eigenvalue weighted by molar-refractivity contribution is 5.82. The van der Waals surface area contributed by atoms with Crippen LogP contribution in [0.15, 0.2) is 30.5 Å². The lowest BCUT2D eigenvalue weighted by Crippen LogP contribution is -2.43. The zero-order valence-electron chi connectivity index (χ0n) is 11.7. The molecule has 98 valence electrons. The molecular formula is C16H24N2. The van der Waals surface area contributed by atoms with E-state index in [4.69, 9.17) is 0 Å². The van der Waals surface area contributed by atoms with E-state index in [1.807, 2.05) is 6.20 Å². The van der Waals surface area contributed by atoms with Crippen molar-refractivity contribution < 1.29 is 0 Å². The van der Waals surface area contributed by atoms with Gasteiger partial charge in [-0.1, -0.05) is 39.0 Å². The van der Waals surface area contributed by atoms with E-state index in [2.05, 4.69) is 55.3 Å². The molecule has 2 aromatic rings. The van der Waals surface area contributed by atoms with Crippen LogP contribution in [-0.4, -0.2) is 10.5 Å². The molecule has 0 amide bonds. The van der Waals surface area contributed by atoms with Crippen molar-refractivity contribution in [3.8, 4) is 0 Å². The molecule has 1 aromatic heterocycles. The molecule has 0 atom stereocenters. The summed E-state index contributed by atoms with van der Waals surface area (Å²) in [5.74, 6) is 0. The Morgan fingerprint density at radius 1 is 1.06 bits per heavy atom. The first-order valence-corrected chi connectivity index (χ1v) is 7.04. The third kappa shape index (κ3) is 2.44. The zero-order chi connectivity index (χ0) is 13.0. The van der Waals surface area contributed by atoms with Gasteiger partial charge in [-0.05, 0) is 36.3 Å².